The summed E-state index contributed by atoms with van der Waals surface area (Å²) >= 11 is 0. The third-order valence-corrected chi connectivity index (χ3v) is 7.71. The molecule has 0 saturated carbocycles. The number of fused-ring (bicyclic) bond motifs is 2. The number of rotatable bonds is 3. The summed E-state index contributed by atoms with van der Waals surface area (Å²) in [5.74, 6) is -0.146. The molecule has 1 atom stereocenters. The Hall–Kier alpha value is -2.09. The van der Waals surface area contributed by atoms with E-state index in [9.17, 15) is 18.0 Å². The molecule has 146 valence electrons. The van der Waals surface area contributed by atoms with E-state index in [2.05, 4.69) is 16.1 Å². The Balaban J connectivity index is 1.50. The second-order valence-electron chi connectivity index (χ2n) is 7.71. The van der Waals surface area contributed by atoms with E-state index in [1.54, 1.807) is 0 Å². The summed E-state index contributed by atoms with van der Waals surface area (Å²) in [6.45, 7) is 1.96. The van der Waals surface area contributed by atoms with Gasteiger partial charge in [-0.05, 0) is 67.2 Å². The monoisotopic (exact) mass is 391 g/mol. The van der Waals surface area contributed by atoms with Crippen LogP contribution < -0.4 is 10.0 Å². The van der Waals surface area contributed by atoms with Gasteiger partial charge >= 0.3 is 6.03 Å². The zero-order chi connectivity index (χ0) is 19.2. The minimum absolute atomic E-state index is 0.133. The highest BCUT2D eigenvalue weighted by atomic mass is 32.2. The predicted molar refractivity (Wildman–Crippen MR) is 102 cm³/mol. The van der Waals surface area contributed by atoms with Crippen LogP contribution in [0.4, 0.5) is 10.5 Å². The van der Waals surface area contributed by atoms with Crippen molar-refractivity contribution in [1.82, 2.24) is 9.62 Å². The fourth-order valence-electron chi connectivity index (χ4n) is 4.59. The number of carbonyl (C=O) groups is 2. The number of urea groups is 1. The molecule has 2 aliphatic carbocycles. The van der Waals surface area contributed by atoms with Crippen LogP contribution in [-0.4, -0.2) is 43.6 Å². The van der Waals surface area contributed by atoms with Gasteiger partial charge in [0.25, 0.3) is 0 Å². The Morgan fingerprint density at radius 1 is 1.07 bits per heavy atom. The zero-order valence-electron chi connectivity index (χ0n) is 15.5. The number of likely N-dealkylation sites (tertiary alicyclic amines) is 1. The minimum atomic E-state index is -3.83. The molecule has 1 saturated heterocycles. The van der Waals surface area contributed by atoms with Crippen LogP contribution in [0.25, 0.3) is 0 Å². The van der Waals surface area contributed by atoms with Crippen LogP contribution in [-0.2, 0) is 40.5 Å². The fraction of sp³-hybridized carbons (Fsp3) is 0.579. The van der Waals surface area contributed by atoms with E-state index in [1.165, 1.54) is 23.0 Å². The number of benzene rings is 1. The van der Waals surface area contributed by atoms with Gasteiger partial charge in [-0.2, -0.15) is 0 Å². The number of hydrogen-bond donors (Lipinski definition) is 2. The molecule has 4 rings (SSSR count). The van der Waals surface area contributed by atoms with E-state index in [-0.39, 0.29) is 12.5 Å². The standard InChI is InChI=1S/C19H25N3O4S/c1-12(23)22-9-8-15(11-22)27(25,26)21-19(24)20-18-16-6-2-4-13(16)10-14-5-3-7-17(14)18/h10,15H,2-9,11H2,1H3,(H2,20,21,24). The van der Waals surface area contributed by atoms with Gasteiger partial charge in [-0.1, -0.05) is 6.07 Å². The van der Waals surface area contributed by atoms with E-state index in [4.69, 9.17) is 0 Å². The molecule has 1 aliphatic heterocycles. The first-order chi connectivity index (χ1) is 12.8. The molecule has 1 fully saturated rings. The lowest BCUT2D eigenvalue weighted by Crippen LogP contribution is -2.42. The van der Waals surface area contributed by atoms with Crippen molar-refractivity contribution in [3.05, 3.63) is 28.3 Å². The molecule has 27 heavy (non-hydrogen) atoms. The average Bonchev–Trinajstić information content (AvgIpc) is 3.34. The lowest BCUT2D eigenvalue weighted by atomic mass is 9.99. The van der Waals surface area contributed by atoms with Crippen LogP contribution >= 0.6 is 0 Å². The number of aryl methyl sites for hydroxylation is 2. The second-order valence-corrected chi connectivity index (χ2v) is 9.67. The van der Waals surface area contributed by atoms with E-state index in [0.717, 1.165) is 55.3 Å². The van der Waals surface area contributed by atoms with Gasteiger partial charge in [-0.15, -0.1) is 0 Å². The van der Waals surface area contributed by atoms with E-state index >= 15 is 0 Å². The number of anilines is 1. The van der Waals surface area contributed by atoms with Crippen molar-refractivity contribution < 1.29 is 18.0 Å². The molecule has 1 heterocycles. The largest absolute Gasteiger partial charge is 0.342 e. The van der Waals surface area contributed by atoms with Gasteiger partial charge in [-0.3, -0.25) is 4.79 Å². The Labute approximate surface area is 159 Å². The SMILES string of the molecule is CC(=O)N1CCC(S(=O)(=O)NC(=O)Nc2c3c(cc4c2CCC4)CCC3)C1. The minimum Gasteiger partial charge on any atom is -0.342 e. The van der Waals surface area contributed by atoms with Crippen molar-refractivity contribution in [1.29, 1.82) is 0 Å². The number of nitrogens with zero attached hydrogens (tertiary/aromatic N) is 1. The normalized spacial score (nSPS) is 21.1. The summed E-state index contributed by atoms with van der Waals surface area (Å²) < 4.78 is 27.3. The van der Waals surface area contributed by atoms with Crippen molar-refractivity contribution in [2.75, 3.05) is 18.4 Å². The Morgan fingerprint density at radius 2 is 1.70 bits per heavy atom. The topological polar surface area (TPSA) is 95.6 Å². The zero-order valence-corrected chi connectivity index (χ0v) is 16.3. The molecule has 1 unspecified atom stereocenters. The van der Waals surface area contributed by atoms with E-state index in [0.29, 0.717) is 13.0 Å². The van der Waals surface area contributed by atoms with Gasteiger partial charge in [0.2, 0.25) is 15.9 Å². The molecule has 1 aromatic carbocycles. The highest BCUT2D eigenvalue weighted by molar-refractivity contribution is 7.90. The number of sulfonamides is 1. The molecular weight excluding hydrogens is 366 g/mol. The van der Waals surface area contributed by atoms with Crippen molar-refractivity contribution in [2.45, 2.75) is 57.1 Å². The van der Waals surface area contributed by atoms with Crippen molar-refractivity contribution in [3.63, 3.8) is 0 Å². The molecular formula is C19H25N3O4S. The lowest BCUT2D eigenvalue weighted by Gasteiger charge is -2.18. The summed E-state index contributed by atoms with van der Waals surface area (Å²) in [6.07, 6.45) is 6.34. The maximum absolute atomic E-state index is 12.6. The molecule has 7 nitrogen and oxygen atoms in total. The number of hydrogen-bond acceptors (Lipinski definition) is 4. The summed E-state index contributed by atoms with van der Waals surface area (Å²) in [4.78, 5) is 25.4. The van der Waals surface area contributed by atoms with Crippen molar-refractivity contribution >= 4 is 27.6 Å². The number of nitrogens with one attached hydrogen (secondary N) is 2. The van der Waals surface area contributed by atoms with Gasteiger partial charge in [-0.25, -0.2) is 17.9 Å². The van der Waals surface area contributed by atoms with Crippen LogP contribution in [0.5, 0.6) is 0 Å². The number of amides is 3. The third kappa shape index (κ3) is 3.42. The maximum atomic E-state index is 12.6. The molecule has 8 heteroatoms. The average molecular weight is 391 g/mol. The summed E-state index contributed by atoms with van der Waals surface area (Å²) in [7, 11) is -3.83. The first-order valence-corrected chi connectivity index (χ1v) is 11.1. The van der Waals surface area contributed by atoms with Crippen LogP contribution in [0.3, 0.4) is 0 Å². The number of carbonyl (C=O) groups excluding carboxylic acids is 2. The summed E-state index contributed by atoms with van der Waals surface area (Å²) in [5.41, 5.74) is 5.70. The highest BCUT2D eigenvalue weighted by Gasteiger charge is 2.35. The van der Waals surface area contributed by atoms with Gasteiger partial charge in [0, 0.05) is 25.7 Å². The first-order valence-electron chi connectivity index (χ1n) is 9.60. The first kappa shape index (κ1) is 18.3. The molecule has 3 amide bonds. The molecule has 0 radical (unpaired) electrons. The summed E-state index contributed by atoms with van der Waals surface area (Å²) in [6, 6.07) is 1.56. The van der Waals surface area contributed by atoms with Crippen LogP contribution in [0, 0.1) is 0 Å². The maximum Gasteiger partial charge on any atom is 0.332 e. The quantitative estimate of drug-likeness (QED) is 0.820. The van der Waals surface area contributed by atoms with Gasteiger partial charge in [0.05, 0.1) is 5.25 Å². The molecule has 3 aliphatic rings. The molecule has 1 aromatic rings. The smallest absolute Gasteiger partial charge is 0.332 e. The fourth-order valence-corrected chi connectivity index (χ4v) is 5.85. The van der Waals surface area contributed by atoms with Crippen molar-refractivity contribution in [3.8, 4) is 0 Å². The Bertz CT molecular complexity index is 878. The molecule has 0 aromatic heterocycles. The predicted octanol–water partition coefficient (Wildman–Crippen LogP) is 1.74. The van der Waals surface area contributed by atoms with E-state index < -0.39 is 21.3 Å². The highest BCUT2D eigenvalue weighted by Crippen LogP contribution is 2.38. The second kappa shape index (κ2) is 6.82. The van der Waals surface area contributed by atoms with E-state index in [1.807, 2.05) is 0 Å². The Kier molecular flexibility index (Phi) is 4.61. The summed E-state index contributed by atoms with van der Waals surface area (Å²) in [5, 5.41) is 2.10. The molecule has 2 N–H and O–H groups in total. The van der Waals surface area contributed by atoms with Crippen LogP contribution in [0.1, 0.15) is 48.4 Å². The molecule has 0 bridgehead atoms. The Morgan fingerprint density at radius 3 is 2.26 bits per heavy atom. The van der Waals surface area contributed by atoms with Gasteiger partial charge in [0.1, 0.15) is 0 Å². The van der Waals surface area contributed by atoms with Gasteiger partial charge < -0.3 is 10.2 Å². The third-order valence-electron chi connectivity index (χ3n) is 5.98. The van der Waals surface area contributed by atoms with Crippen LogP contribution in [0.15, 0.2) is 6.07 Å². The van der Waals surface area contributed by atoms with Gasteiger partial charge in [0.15, 0.2) is 0 Å². The lowest BCUT2D eigenvalue weighted by molar-refractivity contribution is -0.127. The van der Waals surface area contributed by atoms with Crippen LogP contribution in [0.2, 0.25) is 0 Å². The van der Waals surface area contributed by atoms with Crippen molar-refractivity contribution in [2.24, 2.45) is 0 Å². The molecule has 0 spiro atoms.